The van der Waals surface area contributed by atoms with Crippen LogP contribution in [0.5, 0.6) is 5.88 Å². The summed E-state index contributed by atoms with van der Waals surface area (Å²) in [5, 5.41) is 14.8. The van der Waals surface area contributed by atoms with Crippen molar-refractivity contribution in [2.24, 2.45) is 0 Å². The lowest BCUT2D eigenvalue weighted by Gasteiger charge is -2.31. The average Bonchev–Trinajstić information content (AvgIpc) is 3.29. The molecule has 0 unspecified atom stereocenters. The van der Waals surface area contributed by atoms with E-state index in [1.807, 2.05) is 0 Å². The Balaban J connectivity index is 1.26. The third-order valence-corrected chi connectivity index (χ3v) is 4.85. The summed E-state index contributed by atoms with van der Waals surface area (Å²) in [5.41, 5.74) is -0.451. The van der Waals surface area contributed by atoms with Gasteiger partial charge in [-0.25, -0.2) is 9.48 Å². The summed E-state index contributed by atoms with van der Waals surface area (Å²) >= 11 is 0. The molecule has 0 bridgehead atoms. The topological polar surface area (TPSA) is 85.2 Å². The molecule has 2 amide bonds. The van der Waals surface area contributed by atoms with Crippen LogP contribution >= 0.6 is 0 Å². The van der Waals surface area contributed by atoms with E-state index in [2.05, 4.69) is 20.6 Å². The van der Waals surface area contributed by atoms with Crippen LogP contribution in [0.2, 0.25) is 0 Å². The Kier molecular flexibility index (Phi) is 5.74. The van der Waals surface area contributed by atoms with E-state index in [9.17, 15) is 18.0 Å². The standard InChI is InChI=1S/C20H19F3N6O2/c21-20(22,23)14-2-4-15(5-3-14)25-19(30)28-12-8-16(9-13-28)31-18-7-6-17(26-27-18)29-11-1-10-24-29/h1-7,10-11,16H,8-9,12-13H2,(H,25,30). The lowest BCUT2D eigenvalue weighted by Crippen LogP contribution is -2.43. The smallest absolute Gasteiger partial charge is 0.416 e. The Morgan fingerprint density at radius 3 is 2.39 bits per heavy atom. The zero-order valence-corrected chi connectivity index (χ0v) is 16.3. The van der Waals surface area contributed by atoms with Gasteiger partial charge >= 0.3 is 12.2 Å². The zero-order chi connectivity index (χ0) is 21.8. The molecule has 3 aromatic rings. The van der Waals surface area contributed by atoms with Crippen LogP contribution in [0.3, 0.4) is 0 Å². The number of rotatable bonds is 4. The number of likely N-dealkylation sites (tertiary alicyclic amines) is 1. The summed E-state index contributed by atoms with van der Waals surface area (Å²) in [7, 11) is 0. The van der Waals surface area contributed by atoms with Crippen molar-refractivity contribution in [1.29, 1.82) is 0 Å². The summed E-state index contributed by atoms with van der Waals surface area (Å²) in [6.07, 6.45) is 0.0872. The van der Waals surface area contributed by atoms with Gasteiger partial charge < -0.3 is 15.0 Å². The molecule has 0 atom stereocenters. The fourth-order valence-electron chi connectivity index (χ4n) is 3.19. The van der Waals surface area contributed by atoms with Gasteiger partial charge in [-0.3, -0.25) is 0 Å². The van der Waals surface area contributed by atoms with E-state index < -0.39 is 11.7 Å². The molecule has 11 heteroatoms. The second kappa shape index (κ2) is 8.62. The summed E-state index contributed by atoms with van der Waals surface area (Å²) in [4.78, 5) is 14.0. The molecule has 1 aliphatic heterocycles. The molecule has 4 rings (SSSR count). The molecule has 0 aliphatic carbocycles. The van der Waals surface area contributed by atoms with Crippen molar-refractivity contribution in [3.63, 3.8) is 0 Å². The molecule has 1 aliphatic rings. The van der Waals surface area contributed by atoms with Gasteiger partial charge in [0.05, 0.1) is 5.56 Å². The quantitative estimate of drug-likeness (QED) is 0.679. The third-order valence-electron chi connectivity index (χ3n) is 4.85. The number of nitrogens with one attached hydrogen (secondary N) is 1. The molecule has 1 N–H and O–H groups in total. The number of benzene rings is 1. The number of urea groups is 1. The van der Waals surface area contributed by atoms with Gasteiger partial charge in [-0.05, 0) is 36.4 Å². The van der Waals surface area contributed by atoms with Crippen molar-refractivity contribution in [3.05, 3.63) is 60.4 Å². The maximum Gasteiger partial charge on any atom is 0.416 e. The largest absolute Gasteiger partial charge is 0.473 e. The number of piperidine rings is 1. The highest BCUT2D eigenvalue weighted by Gasteiger charge is 2.30. The SMILES string of the molecule is O=C(Nc1ccc(C(F)(F)F)cc1)N1CCC(Oc2ccc(-n3cccn3)nn2)CC1. The number of hydrogen-bond donors (Lipinski definition) is 1. The first-order valence-corrected chi connectivity index (χ1v) is 9.62. The van der Waals surface area contributed by atoms with Crippen LogP contribution in [0.25, 0.3) is 5.82 Å². The molecular formula is C20H19F3N6O2. The van der Waals surface area contributed by atoms with Gasteiger partial charge in [-0.1, -0.05) is 0 Å². The van der Waals surface area contributed by atoms with E-state index in [4.69, 9.17) is 4.74 Å². The van der Waals surface area contributed by atoms with E-state index >= 15 is 0 Å². The number of carbonyl (C=O) groups is 1. The number of hydrogen-bond acceptors (Lipinski definition) is 5. The Labute approximate surface area is 175 Å². The summed E-state index contributed by atoms with van der Waals surface area (Å²) in [5.74, 6) is 0.968. The van der Waals surface area contributed by atoms with E-state index in [0.717, 1.165) is 12.1 Å². The lowest BCUT2D eigenvalue weighted by atomic mass is 10.1. The predicted molar refractivity (Wildman–Crippen MR) is 105 cm³/mol. The minimum Gasteiger partial charge on any atom is -0.473 e. The number of amides is 2. The number of alkyl halides is 3. The van der Waals surface area contributed by atoms with Crippen LogP contribution in [0.15, 0.2) is 54.9 Å². The van der Waals surface area contributed by atoms with Crippen molar-refractivity contribution in [3.8, 4) is 11.7 Å². The number of anilines is 1. The van der Waals surface area contributed by atoms with Gasteiger partial charge in [0.2, 0.25) is 5.88 Å². The fourth-order valence-corrected chi connectivity index (χ4v) is 3.19. The first-order chi connectivity index (χ1) is 14.9. The highest BCUT2D eigenvalue weighted by molar-refractivity contribution is 5.89. The molecule has 0 spiro atoms. The molecular weight excluding hydrogens is 413 g/mol. The van der Waals surface area contributed by atoms with Gasteiger partial charge in [0, 0.05) is 50.1 Å². The van der Waals surface area contributed by atoms with Crippen molar-refractivity contribution in [2.45, 2.75) is 25.1 Å². The van der Waals surface area contributed by atoms with E-state index in [0.29, 0.717) is 43.3 Å². The number of nitrogens with zero attached hydrogens (tertiary/aromatic N) is 5. The normalized spacial score (nSPS) is 15.0. The Morgan fingerprint density at radius 2 is 1.81 bits per heavy atom. The van der Waals surface area contributed by atoms with Crippen LogP contribution in [-0.4, -0.2) is 50.1 Å². The molecule has 0 saturated carbocycles. The molecule has 8 nitrogen and oxygen atoms in total. The van der Waals surface area contributed by atoms with Crippen LogP contribution < -0.4 is 10.1 Å². The maximum atomic E-state index is 12.6. The molecule has 0 radical (unpaired) electrons. The monoisotopic (exact) mass is 432 g/mol. The van der Waals surface area contributed by atoms with Crippen molar-refractivity contribution in [1.82, 2.24) is 24.9 Å². The predicted octanol–water partition coefficient (Wildman–Crippen LogP) is 3.76. The second-order valence-corrected chi connectivity index (χ2v) is 6.99. The summed E-state index contributed by atoms with van der Waals surface area (Å²) in [6.45, 7) is 0.909. The van der Waals surface area contributed by atoms with E-state index in [1.54, 1.807) is 40.2 Å². The highest BCUT2D eigenvalue weighted by atomic mass is 19.4. The van der Waals surface area contributed by atoms with Crippen molar-refractivity contribution >= 4 is 11.7 Å². The van der Waals surface area contributed by atoms with Crippen LogP contribution in [0.4, 0.5) is 23.7 Å². The first-order valence-electron chi connectivity index (χ1n) is 9.62. The maximum absolute atomic E-state index is 12.6. The molecule has 1 fully saturated rings. The molecule has 2 aromatic heterocycles. The minimum atomic E-state index is -4.41. The van der Waals surface area contributed by atoms with Crippen LogP contribution in [0.1, 0.15) is 18.4 Å². The Morgan fingerprint density at radius 1 is 1.06 bits per heavy atom. The lowest BCUT2D eigenvalue weighted by molar-refractivity contribution is -0.137. The molecule has 1 aromatic carbocycles. The number of halogens is 3. The van der Waals surface area contributed by atoms with Crippen LogP contribution in [-0.2, 0) is 6.18 Å². The Hall–Kier alpha value is -3.63. The van der Waals surface area contributed by atoms with E-state index in [-0.39, 0.29) is 12.1 Å². The number of aromatic nitrogens is 4. The zero-order valence-electron chi connectivity index (χ0n) is 16.3. The fraction of sp³-hybridized carbons (Fsp3) is 0.300. The third kappa shape index (κ3) is 5.11. The summed E-state index contributed by atoms with van der Waals surface area (Å²) in [6, 6.07) is 9.25. The van der Waals surface area contributed by atoms with Gasteiger partial charge in [-0.2, -0.15) is 18.3 Å². The molecule has 162 valence electrons. The minimum absolute atomic E-state index is 0.111. The van der Waals surface area contributed by atoms with E-state index in [1.165, 1.54) is 12.1 Å². The van der Waals surface area contributed by atoms with Gasteiger partial charge in [-0.15, -0.1) is 10.2 Å². The van der Waals surface area contributed by atoms with Crippen LogP contribution in [0, 0.1) is 0 Å². The number of ether oxygens (including phenoxy) is 1. The molecule has 3 heterocycles. The van der Waals surface area contributed by atoms with Gasteiger partial charge in [0.25, 0.3) is 0 Å². The van der Waals surface area contributed by atoms with Crippen molar-refractivity contribution in [2.75, 3.05) is 18.4 Å². The number of carbonyl (C=O) groups excluding carboxylic acids is 1. The molecule has 1 saturated heterocycles. The molecule has 31 heavy (non-hydrogen) atoms. The van der Waals surface area contributed by atoms with Crippen molar-refractivity contribution < 1.29 is 22.7 Å². The van der Waals surface area contributed by atoms with Gasteiger partial charge in [0.1, 0.15) is 6.10 Å². The summed E-state index contributed by atoms with van der Waals surface area (Å²) < 4.78 is 45.3. The second-order valence-electron chi connectivity index (χ2n) is 6.99. The average molecular weight is 432 g/mol. The highest BCUT2D eigenvalue weighted by Crippen LogP contribution is 2.30. The first kappa shape index (κ1) is 20.6. The Bertz CT molecular complexity index is 999. The van der Waals surface area contributed by atoms with Gasteiger partial charge in [0.15, 0.2) is 5.82 Å².